The SMILES string of the molecule is CC(C)(C)C1CCN(C(CN)c2ccccc2)CC1. The zero-order valence-electron chi connectivity index (χ0n) is 12.6. The normalized spacial score (nSPS) is 20.4. The van der Waals surface area contributed by atoms with Gasteiger partial charge in [0.1, 0.15) is 0 Å². The van der Waals surface area contributed by atoms with E-state index in [1.54, 1.807) is 0 Å². The number of hydrogen-bond donors (Lipinski definition) is 1. The standard InChI is InChI=1S/C17H28N2/c1-17(2,3)15-9-11-19(12-10-15)16(13-18)14-7-5-4-6-8-14/h4-8,15-16H,9-13,18H2,1-3H3. The number of nitrogens with zero attached hydrogens (tertiary/aromatic N) is 1. The van der Waals surface area contributed by atoms with E-state index < -0.39 is 0 Å². The van der Waals surface area contributed by atoms with Gasteiger partial charge in [0.05, 0.1) is 0 Å². The molecule has 0 aromatic heterocycles. The van der Waals surface area contributed by atoms with Crippen molar-refractivity contribution in [2.45, 2.75) is 39.7 Å². The Morgan fingerprint density at radius 2 is 1.74 bits per heavy atom. The summed E-state index contributed by atoms with van der Waals surface area (Å²) in [4.78, 5) is 2.57. The quantitative estimate of drug-likeness (QED) is 0.902. The molecule has 1 aliphatic heterocycles. The number of piperidine rings is 1. The van der Waals surface area contributed by atoms with E-state index in [-0.39, 0.29) is 0 Å². The Balaban J connectivity index is 2.00. The third-order valence-corrected chi connectivity index (χ3v) is 4.60. The minimum atomic E-state index is 0.391. The molecule has 106 valence electrons. The molecule has 1 saturated heterocycles. The van der Waals surface area contributed by atoms with E-state index in [4.69, 9.17) is 5.73 Å². The zero-order valence-corrected chi connectivity index (χ0v) is 12.6. The first-order valence-electron chi connectivity index (χ1n) is 7.51. The molecule has 0 bridgehead atoms. The first-order valence-corrected chi connectivity index (χ1v) is 7.51. The molecule has 1 fully saturated rings. The fourth-order valence-electron chi connectivity index (χ4n) is 3.25. The van der Waals surface area contributed by atoms with Crippen molar-refractivity contribution < 1.29 is 0 Å². The number of benzene rings is 1. The smallest absolute Gasteiger partial charge is 0.0470 e. The topological polar surface area (TPSA) is 29.3 Å². The fourth-order valence-corrected chi connectivity index (χ4v) is 3.25. The highest BCUT2D eigenvalue weighted by atomic mass is 15.2. The van der Waals surface area contributed by atoms with E-state index >= 15 is 0 Å². The minimum Gasteiger partial charge on any atom is -0.329 e. The summed E-state index contributed by atoms with van der Waals surface area (Å²) in [6, 6.07) is 11.1. The summed E-state index contributed by atoms with van der Waals surface area (Å²) >= 11 is 0. The van der Waals surface area contributed by atoms with Crippen molar-refractivity contribution in [2.75, 3.05) is 19.6 Å². The average Bonchev–Trinajstić information content (AvgIpc) is 2.40. The van der Waals surface area contributed by atoms with Crippen molar-refractivity contribution in [3.63, 3.8) is 0 Å². The maximum atomic E-state index is 6.01. The Kier molecular flexibility index (Phi) is 4.64. The summed E-state index contributed by atoms with van der Waals surface area (Å²) in [5.74, 6) is 0.845. The van der Waals surface area contributed by atoms with Crippen molar-refractivity contribution >= 4 is 0 Å². The van der Waals surface area contributed by atoms with E-state index in [0.29, 0.717) is 18.0 Å². The molecule has 1 aromatic rings. The molecule has 0 spiro atoms. The first-order chi connectivity index (χ1) is 9.02. The van der Waals surface area contributed by atoms with E-state index in [0.717, 1.165) is 5.92 Å². The lowest BCUT2D eigenvalue weighted by Gasteiger charge is -2.41. The highest BCUT2D eigenvalue weighted by molar-refractivity contribution is 5.19. The van der Waals surface area contributed by atoms with Gasteiger partial charge in [-0.1, -0.05) is 51.1 Å². The van der Waals surface area contributed by atoms with Gasteiger partial charge in [-0.05, 0) is 42.8 Å². The van der Waals surface area contributed by atoms with Gasteiger partial charge in [-0.25, -0.2) is 0 Å². The zero-order chi connectivity index (χ0) is 13.9. The van der Waals surface area contributed by atoms with Gasteiger partial charge in [-0.2, -0.15) is 0 Å². The summed E-state index contributed by atoms with van der Waals surface area (Å²) < 4.78 is 0. The highest BCUT2D eigenvalue weighted by Gasteiger charge is 2.31. The molecule has 2 heteroatoms. The fraction of sp³-hybridized carbons (Fsp3) is 0.647. The summed E-state index contributed by atoms with van der Waals surface area (Å²) in [5.41, 5.74) is 7.82. The maximum Gasteiger partial charge on any atom is 0.0470 e. The molecule has 1 atom stereocenters. The molecule has 2 rings (SSSR count). The van der Waals surface area contributed by atoms with E-state index in [2.05, 4.69) is 56.0 Å². The van der Waals surface area contributed by atoms with E-state index in [9.17, 15) is 0 Å². The molecule has 2 N–H and O–H groups in total. The van der Waals surface area contributed by atoms with Crippen LogP contribution in [0.4, 0.5) is 0 Å². The Morgan fingerprint density at radius 1 is 1.16 bits per heavy atom. The van der Waals surface area contributed by atoms with Gasteiger partial charge < -0.3 is 5.73 Å². The molecule has 0 saturated carbocycles. The van der Waals surface area contributed by atoms with Gasteiger partial charge in [-0.15, -0.1) is 0 Å². The molecule has 1 aliphatic rings. The number of rotatable bonds is 3. The van der Waals surface area contributed by atoms with Gasteiger partial charge in [0.2, 0.25) is 0 Å². The Bertz CT molecular complexity index is 372. The van der Waals surface area contributed by atoms with Crippen molar-refractivity contribution in [1.82, 2.24) is 4.90 Å². The summed E-state index contributed by atoms with van der Waals surface area (Å²) in [7, 11) is 0. The van der Waals surface area contributed by atoms with E-state index in [1.807, 2.05) is 0 Å². The van der Waals surface area contributed by atoms with Crippen molar-refractivity contribution in [2.24, 2.45) is 17.1 Å². The molecular weight excluding hydrogens is 232 g/mol. The summed E-state index contributed by atoms with van der Waals surface area (Å²) in [6.07, 6.45) is 2.60. The molecular formula is C17H28N2. The Labute approximate surface area is 118 Å². The van der Waals surface area contributed by atoms with Gasteiger partial charge >= 0.3 is 0 Å². The van der Waals surface area contributed by atoms with Gasteiger partial charge in [0, 0.05) is 12.6 Å². The van der Waals surface area contributed by atoms with Crippen LogP contribution in [0.5, 0.6) is 0 Å². The summed E-state index contributed by atoms with van der Waals surface area (Å²) in [5, 5.41) is 0. The average molecular weight is 260 g/mol. The van der Waals surface area contributed by atoms with Crippen LogP contribution in [0.1, 0.15) is 45.2 Å². The lowest BCUT2D eigenvalue weighted by molar-refractivity contribution is 0.0846. The second kappa shape index (κ2) is 6.06. The highest BCUT2D eigenvalue weighted by Crippen LogP contribution is 2.36. The van der Waals surface area contributed by atoms with Gasteiger partial charge in [0.25, 0.3) is 0 Å². The van der Waals surface area contributed by atoms with E-state index in [1.165, 1.54) is 31.5 Å². The Morgan fingerprint density at radius 3 is 2.21 bits per heavy atom. The van der Waals surface area contributed by atoms with Gasteiger partial charge in [-0.3, -0.25) is 4.90 Å². The predicted molar refractivity (Wildman–Crippen MR) is 82.0 cm³/mol. The maximum absolute atomic E-state index is 6.01. The van der Waals surface area contributed by atoms with Crippen LogP contribution < -0.4 is 5.73 Å². The largest absolute Gasteiger partial charge is 0.329 e. The molecule has 2 nitrogen and oxygen atoms in total. The van der Waals surface area contributed by atoms with Crippen LogP contribution in [-0.2, 0) is 0 Å². The van der Waals surface area contributed by atoms with Crippen LogP contribution in [0.25, 0.3) is 0 Å². The van der Waals surface area contributed by atoms with Crippen molar-refractivity contribution in [3.8, 4) is 0 Å². The van der Waals surface area contributed by atoms with Crippen LogP contribution in [0.3, 0.4) is 0 Å². The minimum absolute atomic E-state index is 0.391. The monoisotopic (exact) mass is 260 g/mol. The van der Waals surface area contributed by atoms with Crippen LogP contribution in [-0.4, -0.2) is 24.5 Å². The number of likely N-dealkylation sites (tertiary alicyclic amines) is 1. The third kappa shape index (κ3) is 3.58. The van der Waals surface area contributed by atoms with Crippen LogP contribution in [0, 0.1) is 11.3 Å². The molecule has 1 aromatic carbocycles. The predicted octanol–water partition coefficient (Wildman–Crippen LogP) is 3.44. The van der Waals surface area contributed by atoms with Gasteiger partial charge in [0.15, 0.2) is 0 Å². The second-order valence-electron chi connectivity index (χ2n) is 6.84. The number of hydrogen-bond acceptors (Lipinski definition) is 2. The number of nitrogens with two attached hydrogens (primary N) is 1. The molecule has 19 heavy (non-hydrogen) atoms. The first kappa shape index (κ1) is 14.5. The molecule has 0 radical (unpaired) electrons. The van der Waals surface area contributed by atoms with Crippen molar-refractivity contribution in [1.29, 1.82) is 0 Å². The van der Waals surface area contributed by atoms with Crippen LogP contribution in [0.15, 0.2) is 30.3 Å². The third-order valence-electron chi connectivity index (χ3n) is 4.60. The molecule has 1 unspecified atom stereocenters. The second-order valence-corrected chi connectivity index (χ2v) is 6.84. The molecule has 0 amide bonds. The summed E-state index contributed by atoms with van der Waals surface area (Å²) in [6.45, 7) is 10.2. The van der Waals surface area contributed by atoms with Crippen molar-refractivity contribution in [3.05, 3.63) is 35.9 Å². The lowest BCUT2D eigenvalue weighted by atomic mass is 9.75. The van der Waals surface area contributed by atoms with Crippen LogP contribution in [0.2, 0.25) is 0 Å². The van der Waals surface area contributed by atoms with Crippen LogP contribution >= 0.6 is 0 Å². The molecule has 0 aliphatic carbocycles. The Hall–Kier alpha value is -0.860. The lowest BCUT2D eigenvalue weighted by Crippen LogP contribution is -2.42. The molecule has 1 heterocycles.